The number of guanidine groups is 1. The number of benzene rings is 3. The molecule has 0 aliphatic rings. The first-order chi connectivity index (χ1) is 19.2. The average Bonchev–Trinajstić information content (AvgIpc) is 3.38. The molecule has 2 atom stereocenters. The van der Waals surface area contributed by atoms with Crippen molar-refractivity contribution in [2.45, 2.75) is 43.4 Å². The number of nitrogens with one attached hydrogen (secondary N) is 3. The van der Waals surface area contributed by atoms with E-state index >= 15 is 0 Å². The minimum atomic E-state index is -3.87. The van der Waals surface area contributed by atoms with Crippen LogP contribution in [-0.2, 0) is 21.4 Å². The highest BCUT2D eigenvalue weighted by atomic mass is 32.2. The number of aromatic amines is 1. The number of aliphatic hydroxyl groups is 1. The number of nitrogens with zero attached hydrogens (tertiary/aromatic N) is 2. The van der Waals surface area contributed by atoms with Gasteiger partial charge in [-0.05, 0) is 49.6 Å². The van der Waals surface area contributed by atoms with Gasteiger partial charge in [0.25, 0.3) is 10.0 Å². The number of hydrogen-bond donors (Lipinski definition) is 5. The third kappa shape index (κ3) is 7.80. The van der Waals surface area contributed by atoms with E-state index in [0.29, 0.717) is 17.8 Å². The summed E-state index contributed by atoms with van der Waals surface area (Å²) >= 11 is 0. The van der Waals surface area contributed by atoms with Crippen molar-refractivity contribution >= 4 is 33.1 Å². The zero-order valence-electron chi connectivity index (χ0n) is 21.9. The molecule has 11 nitrogen and oxygen atoms in total. The molecule has 1 heterocycles. The fourth-order valence-corrected chi connectivity index (χ4v) is 4.94. The van der Waals surface area contributed by atoms with Crippen LogP contribution >= 0.6 is 0 Å². The number of H-pyrrole nitrogens is 1. The molecule has 1 amide bonds. The van der Waals surface area contributed by atoms with E-state index in [1.807, 2.05) is 61.5 Å². The van der Waals surface area contributed by atoms with Crippen molar-refractivity contribution in [2.75, 3.05) is 6.54 Å². The Balaban J connectivity index is 1.38. The van der Waals surface area contributed by atoms with E-state index in [1.165, 1.54) is 12.1 Å². The summed E-state index contributed by atoms with van der Waals surface area (Å²) in [5.41, 5.74) is 9.00. The third-order valence-electron chi connectivity index (χ3n) is 6.11. The second kappa shape index (κ2) is 13.1. The normalized spacial score (nSPS) is 13.5. The number of carbonyl (C=O) groups is 1. The van der Waals surface area contributed by atoms with E-state index in [2.05, 4.69) is 25.0 Å². The van der Waals surface area contributed by atoms with E-state index in [4.69, 9.17) is 10.5 Å². The second-order valence-electron chi connectivity index (χ2n) is 9.22. The Morgan fingerprint density at radius 1 is 1.07 bits per heavy atom. The maximum atomic E-state index is 12.6. The molecule has 6 N–H and O–H groups in total. The van der Waals surface area contributed by atoms with E-state index in [-0.39, 0.29) is 30.4 Å². The fraction of sp³-hybridized carbons (Fsp3) is 0.250. The number of sulfonamides is 1. The molecule has 0 spiro atoms. The summed E-state index contributed by atoms with van der Waals surface area (Å²) in [6, 6.07) is 22.1. The maximum Gasteiger partial charge on any atom is 0.407 e. The minimum Gasteiger partial charge on any atom is -0.445 e. The largest absolute Gasteiger partial charge is 0.445 e. The molecule has 0 saturated carbocycles. The average molecular weight is 565 g/mol. The number of para-hydroxylation sites is 2. The number of hydrogen-bond acceptors (Lipinski definition) is 7. The monoisotopic (exact) mass is 564 g/mol. The Morgan fingerprint density at radius 3 is 2.50 bits per heavy atom. The molecule has 0 aliphatic heterocycles. The number of amides is 1. The SMILES string of the molecule is Cc1ccc(S(=O)(=O)NC(N)=NCCC[C@H](NC(=O)OCc2ccccc2)C(O)c2nc3ccccc3[nH]2)cc1. The molecular weight excluding hydrogens is 532 g/mol. The van der Waals surface area contributed by atoms with Crippen molar-refractivity contribution in [3.8, 4) is 0 Å². The molecule has 1 unspecified atom stereocenters. The minimum absolute atomic E-state index is 0.0715. The summed E-state index contributed by atoms with van der Waals surface area (Å²) < 4.78 is 32.6. The van der Waals surface area contributed by atoms with Gasteiger partial charge in [0, 0.05) is 6.54 Å². The zero-order valence-corrected chi connectivity index (χ0v) is 22.8. The van der Waals surface area contributed by atoms with Crippen LogP contribution in [0.25, 0.3) is 11.0 Å². The highest BCUT2D eigenvalue weighted by Gasteiger charge is 2.26. The number of fused-ring (bicyclic) bond motifs is 1. The van der Waals surface area contributed by atoms with Crippen LogP contribution < -0.4 is 15.8 Å². The van der Waals surface area contributed by atoms with Gasteiger partial charge in [-0.1, -0.05) is 60.2 Å². The van der Waals surface area contributed by atoms with Crippen molar-refractivity contribution in [3.63, 3.8) is 0 Å². The first kappa shape index (κ1) is 28.6. The Kier molecular flexibility index (Phi) is 9.35. The summed E-state index contributed by atoms with van der Waals surface area (Å²) in [4.78, 5) is 24.3. The first-order valence-electron chi connectivity index (χ1n) is 12.7. The van der Waals surface area contributed by atoms with Crippen molar-refractivity contribution < 1.29 is 23.1 Å². The van der Waals surface area contributed by atoms with Gasteiger partial charge < -0.3 is 25.9 Å². The lowest BCUT2D eigenvalue weighted by Gasteiger charge is -2.22. The molecule has 0 fully saturated rings. The van der Waals surface area contributed by atoms with Crippen molar-refractivity contribution in [1.29, 1.82) is 0 Å². The van der Waals surface area contributed by atoms with Gasteiger partial charge in [0.1, 0.15) is 18.5 Å². The number of nitrogens with two attached hydrogens (primary N) is 1. The van der Waals surface area contributed by atoms with E-state index < -0.39 is 28.3 Å². The fourth-order valence-electron chi connectivity index (χ4n) is 3.99. The first-order valence-corrected chi connectivity index (χ1v) is 14.2. The van der Waals surface area contributed by atoms with Crippen molar-refractivity contribution in [2.24, 2.45) is 10.7 Å². The van der Waals surface area contributed by atoms with Gasteiger partial charge in [-0.25, -0.2) is 22.9 Å². The van der Waals surface area contributed by atoms with Gasteiger partial charge >= 0.3 is 6.09 Å². The molecule has 40 heavy (non-hydrogen) atoms. The van der Waals surface area contributed by atoms with Crippen LogP contribution in [-0.4, -0.2) is 48.1 Å². The van der Waals surface area contributed by atoms with Crippen LogP contribution in [0.1, 0.15) is 35.9 Å². The smallest absolute Gasteiger partial charge is 0.407 e. The second-order valence-corrected chi connectivity index (χ2v) is 10.9. The topological polar surface area (TPSA) is 172 Å². The molecule has 0 radical (unpaired) electrons. The van der Waals surface area contributed by atoms with Gasteiger partial charge in [-0.15, -0.1) is 0 Å². The Hall–Kier alpha value is -4.42. The number of aliphatic imine (C=N–C) groups is 1. The van der Waals surface area contributed by atoms with E-state index in [9.17, 15) is 18.3 Å². The van der Waals surface area contributed by atoms with Crippen LogP contribution in [0.15, 0.2) is 88.8 Å². The maximum absolute atomic E-state index is 12.6. The number of aryl methyl sites for hydroxylation is 1. The molecule has 0 aliphatic carbocycles. The highest BCUT2D eigenvalue weighted by Crippen LogP contribution is 2.21. The summed E-state index contributed by atoms with van der Waals surface area (Å²) in [6.07, 6.45) is -1.22. The number of imidazole rings is 1. The predicted octanol–water partition coefficient (Wildman–Crippen LogP) is 3.27. The summed E-state index contributed by atoms with van der Waals surface area (Å²) in [5.74, 6) is 0.0358. The standard InChI is InChI=1S/C28H32N6O5S/c1-19-13-15-21(16-14-19)40(37,38)34-27(29)30-17-7-12-24(33-28(36)39-18-20-8-3-2-4-9-20)25(35)26-31-22-10-5-6-11-23(22)32-26/h2-6,8-11,13-16,24-25,35H,7,12,17-18H2,1H3,(H,31,32)(H,33,36)(H3,29,30,34)/t24-,25?/m0/s1. The summed E-state index contributed by atoms with van der Waals surface area (Å²) in [6.45, 7) is 2.07. The molecule has 12 heteroatoms. The summed E-state index contributed by atoms with van der Waals surface area (Å²) in [5, 5.41) is 13.8. The lowest BCUT2D eigenvalue weighted by Crippen LogP contribution is -2.40. The van der Waals surface area contributed by atoms with Crippen LogP contribution in [0.5, 0.6) is 0 Å². The number of aromatic nitrogens is 2. The number of rotatable bonds is 11. The van der Waals surface area contributed by atoms with Crippen LogP contribution in [0.3, 0.4) is 0 Å². The molecule has 210 valence electrons. The van der Waals surface area contributed by atoms with E-state index in [1.54, 1.807) is 12.1 Å². The molecule has 4 aromatic rings. The van der Waals surface area contributed by atoms with Gasteiger partial charge in [0.2, 0.25) is 5.96 Å². The lowest BCUT2D eigenvalue weighted by molar-refractivity contribution is 0.0942. The quantitative estimate of drug-likeness (QED) is 0.106. The van der Waals surface area contributed by atoms with Crippen LogP contribution in [0.4, 0.5) is 4.79 Å². The lowest BCUT2D eigenvalue weighted by atomic mass is 10.0. The highest BCUT2D eigenvalue weighted by molar-refractivity contribution is 7.90. The number of alkyl carbamates (subject to hydrolysis) is 1. The number of ether oxygens (including phenoxy) is 1. The Morgan fingerprint density at radius 2 is 1.77 bits per heavy atom. The molecule has 0 saturated heterocycles. The van der Waals surface area contributed by atoms with Gasteiger partial charge in [0.05, 0.1) is 22.0 Å². The zero-order chi connectivity index (χ0) is 28.5. The van der Waals surface area contributed by atoms with Gasteiger partial charge in [-0.3, -0.25) is 4.99 Å². The number of aliphatic hydroxyl groups excluding tert-OH is 1. The van der Waals surface area contributed by atoms with Gasteiger partial charge in [-0.2, -0.15) is 0 Å². The van der Waals surface area contributed by atoms with Crippen LogP contribution in [0.2, 0.25) is 0 Å². The third-order valence-corrected chi connectivity index (χ3v) is 7.48. The predicted molar refractivity (Wildman–Crippen MR) is 152 cm³/mol. The molecule has 4 rings (SSSR count). The Bertz CT molecular complexity index is 1520. The summed E-state index contributed by atoms with van der Waals surface area (Å²) in [7, 11) is -3.87. The van der Waals surface area contributed by atoms with Crippen molar-refractivity contribution in [3.05, 3.63) is 95.8 Å². The van der Waals surface area contributed by atoms with Crippen molar-refractivity contribution in [1.82, 2.24) is 20.0 Å². The molecular formula is C28H32N6O5S. The molecule has 3 aromatic carbocycles. The Labute approximate surface area is 232 Å². The molecule has 1 aromatic heterocycles. The number of carbonyl (C=O) groups excluding carboxylic acids is 1. The van der Waals surface area contributed by atoms with Gasteiger partial charge in [0.15, 0.2) is 0 Å². The van der Waals surface area contributed by atoms with E-state index in [0.717, 1.165) is 16.6 Å². The molecule has 0 bridgehead atoms. The van der Waals surface area contributed by atoms with Crippen LogP contribution in [0, 0.1) is 6.92 Å².